The van der Waals surface area contributed by atoms with Gasteiger partial charge in [-0.05, 0) is 0 Å². The van der Waals surface area contributed by atoms with Gasteiger partial charge in [0.05, 0.1) is 37.0 Å². The molecule has 0 aliphatic carbocycles. The summed E-state index contributed by atoms with van der Waals surface area (Å²) in [6, 6.07) is 6.44. The second-order valence-corrected chi connectivity index (χ2v) is 7.80. The Morgan fingerprint density at radius 1 is 0.697 bits per heavy atom. The van der Waals surface area contributed by atoms with Crippen molar-refractivity contribution in [2.24, 2.45) is 0 Å². The highest BCUT2D eigenvalue weighted by Crippen LogP contribution is 2.49. The van der Waals surface area contributed by atoms with E-state index in [1.165, 1.54) is 7.11 Å². The molecule has 3 aromatic rings. The molecular formula is C19H10Cl4N2O8. The normalized spacial score (nSPS) is 10.6. The molecule has 0 radical (unpaired) electrons. The molecule has 0 atom stereocenters. The van der Waals surface area contributed by atoms with E-state index in [1.807, 2.05) is 0 Å². The molecular weight excluding hydrogens is 526 g/mol. The number of aromatic hydroxyl groups is 1. The van der Waals surface area contributed by atoms with E-state index in [9.17, 15) is 25.3 Å². The molecule has 10 nitrogen and oxygen atoms in total. The Labute approximate surface area is 205 Å². The molecule has 0 spiro atoms. The molecule has 0 fully saturated rings. The summed E-state index contributed by atoms with van der Waals surface area (Å²) in [6.45, 7) is 0. The van der Waals surface area contributed by atoms with Gasteiger partial charge in [-0.1, -0.05) is 46.4 Å². The summed E-state index contributed by atoms with van der Waals surface area (Å²) in [6.07, 6.45) is 0. The second kappa shape index (κ2) is 9.75. The Kier molecular flexibility index (Phi) is 7.23. The molecule has 0 aromatic heterocycles. The number of phenolic OH excluding ortho intramolecular Hbond substituents is 1. The Morgan fingerprint density at radius 2 is 1.03 bits per heavy atom. The van der Waals surface area contributed by atoms with E-state index in [4.69, 9.17) is 60.6 Å². The maximum absolute atomic E-state index is 11.0. The van der Waals surface area contributed by atoms with Gasteiger partial charge < -0.3 is 19.3 Å². The van der Waals surface area contributed by atoms with Gasteiger partial charge in [0.1, 0.15) is 5.75 Å². The number of non-ortho nitro benzene ring substituents is 2. The smallest absolute Gasteiger partial charge is 0.272 e. The largest absolute Gasteiger partial charge is 0.508 e. The van der Waals surface area contributed by atoms with Crippen molar-refractivity contribution >= 4 is 57.8 Å². The Balaban J connectivity index is 2.06. The van der Waals surface area contributed by atoms with Crippen LogP contribution < -0.4 is 14.2 Å². The number of hydrogen-bond acceptors (Lipinski definition) is 8. The lowest BCUT2D eigenvalue weighted by Gasteiger charge is -2.17. The fourth-order valence-electron chi connectivity index (χ4n) is 2.63. The van der Waals surface area contributed by atoms with Crippen molar-refractivity contribution in [3.8, 4) is 34.5 Å². The lowest BCUT2D eigenvalue weighted by atomic mass is 10.2. The number of benzene rings is 3. The van der Waals surface area contributed by atoms with E-state index in [1.54, 1.807) is 0 Å². The van der Waals surface area contributed by atoms with Crippen molar-refractivity contribution in [1.82, 2.24) is 0 Å². The number of ether oxygens (including phenoxy) is 3. The van der Waals surface area contributed by atoms with Crippen LogP contribution in [0.4, 0.5) is 11.4 Å². The fourth-order valence-corrected chi connectivity index (χ4v) is 3.74. The van der Waals surface area contributed by atoms with Gasteiger partial charge in [0.2, 0.25) is 5.75 Å². The van der Waals surface area contributed by atoms with E-state index in [2.05, 4.69) is 0 Å². The highest BCUT2D eigenvalue weighted by atomic mass is 35.5. The summed E-state index contributed by atoms with van der Waals surface area (Å²) in [5.74, 6) is -0.957. The Bertz CT molecular complexity index is 1150. The molecule has 0 aliphatic heterocycles. The van der Waals surface area contributed by atoms with Crippen molar-refractivity contribution in [3.05, 3.63) is 76.7 Å². The van der Waals surface area contributed by atoms with Gasteiger partial charge in [0.25, 0.3) is 11.4 Å². The minimum absolute atomic E-state index is 0.0660. The zero-order valence-electron chi connectivity index (χ0n) is 16.2. The maximum atomic E-state index is 11.0. The topological polar surface area (TPSA) is 134 Å². The molecule has 3 rings (SSSR count). The maximum Gasteiger partial charge on any atom is 0.272 e. The predicted octanol–water partition coefficient (Wildman–Crippen LogP) is 7.42. The van der Waals surface area contributed by atoms with Gasteiger partial charge in [0.15, 0.2) is 23.0 Å². The molecule has 3 aromatic carbocycles. The quantitative estimate of drug-likeness (QED) is 0.244. The average molecular weight is 536 g/mol. The van der Waals surface area contributed by atoms with E-state index >= 15 is 0 Å². The number of rotatable bonds is 7. The minimum atomic E-state index is -0.680. The van der Waals surface area contributed by atoms with E-state index < -0.39 is 9.85 Å². The predicted molar refractivity (Wildman–Crippen MR) is 121 cm³/mol. The molecule has 14 heteroatoms. The number of phenols is 1. The van der Waals surface area contributed by atoms with E-state index in [0.717, 1.165) is 36.4 Å². The summed E-state index contributed by atoms with van der Waals surface area (Å²) in [5.41, 5.74) is -0.710. The van der Waals surface area contributed by atoms with Crippen LogP contribution in [0.5, 0.6) is 34.5 Å². The number of hydrogen-bond donors (Lipinski definition) is 1. The number of halogens is 4. The molecule has 0 aliphatic rings. The molecule has 0 saturated heterocycles. The standard InChI is InChI=1S/C19H10Cl4N2O8/c1-31-19-15(32-17-11(20)2-8(24(27)28)3-12(17)21)6-10(26)7-16(19)33-18-13(22)4-9(25(29)30)5-14(18)23/h2-7,26H,1H3. The van der Waals surface area contributed by atoms with Crippen molar-refractivity contribution < 1.29 is 29.2 Å². The van der Waals surface area contributed by atoms with Gasteiger partial charge in [-0.3, -0.25) is 20.2 Å². The van der Waals surface area contributed by atoms with Gasteiger partial charge in [-0.2, -0.15) is 0 Å². The van der Waals surface area contributed by atoms with Crippen LogP contribution in [0.2, 0.25) is 20.1 Å². The zero-order chi connectivity index (χ0) is 24.4. The molecule has 0 amide bonds. The van der Waals surface area contributed by atoms with Crippen LogP contribution in [0.15, 0.2) is 36.4 Å². The minimum Gasteiger partial charge on any atom is -0.508 e. The number of nitro groups is 2. The molecule has 0 bridgehead atoms. The SMILES string of the molecule is COc1c(Oc2c(Cl)cc([N+](=O)[O-])cc2Cl)cc(O)cc1Oc1c(Cl)cc([N+](=O)[O-])cc1Cl. The van der Waals surface area contributed by atoms with Crippen LogP contribution >= 0.6 is 46.4 Å². The Morgan fingerprint density at radius 3 is 1.30 bits per heavy atom. The Hall–Kier alpha value is -3.18. The molecule has 0 saturated carbocycles. The first kappa shape index (κ1) is 24.5. The summed E-state index contributed by atoms with van der Waals surface area (Å²) < 4.78 is 16.6. The van der Waals surface area contributed by atoms with Crippen LogP contribution in [-0.4, -0.2) is 22.1 Å². The van der Waals surface area contributed by atoms with Crippen LogP contribution in [0.25, 0.3) is 0 Å². The lowest BCUT2D eigenvalue weighted by molar-refractivity contribution is -0.385. The number of methoxy groups -OCH3 is 1. The van der Waals surface area contributed by atoms with Gasteiger partial charge >= 0.3 is 0 Å². The van der Waals surface area contributed by atoms with Crippen molar-refractivity contribution in [1.29, 1.82) is 0 Å². The average Bonchev–Trinajstić information content (AvgIpc) is 2.72. The van der Waals surface area contributed by atoms with Crippen molar-refractivity contribution in [2.45, 2.75) is 0 Å². The van der Waals surface area contributed by atoms with Crippen molar-refractivity contribution in [2.75, 3.05) is 7.11 Å². The van der Waals surface area contributed by atoms with Crippen molar-refractivity contribution in [3.63, 3.8) is 0 Å². The number of nitrogens with zero attached hydrogens (tertiary/aromatic N) is 2. The molecule has 172 valence electrons. The van der Waals surface area contributed by atoms with Crippen LogP contribution in [0, 0.1) is 20.2 Å². The summed E-state index contributed by atoms with van der Waals surface area (Å²) in [4.78, 5) is 20.6. The third-order valence-corrected chi connectivity index (χ3v) is 5.14. The van der Waals surface area contributed by atoms with Crippen LogP contribution in [0.1, 0.15) is 0 Å². The first-order chi connectivity index (χ1) is 15.5. The van der Waals surface area contributed by atoms with E-state index in [-0.39, 0.29) is 66.0 Å². The van der Waals surface area contributed by atoms with Gasteiger partial charge in [-0.25, -0.2) is 0 Å². The summed E-state index contributed by atoms with van der Waals surface area (Å²) in [7, 11) is 1.27. The fraction of sp³-hybridized carbons (Fsp3) is 0.0526. The van der Waals surface area contributed by atoms with Crippen LogP contribution in [-0.2, 0) is 0 Å². The molecule has 0 unspecified atom stereocenters. The zero-order valence-corrected chi connectivity index (χ0v) is 19.2. The third-order valence-electron chi connectivity index (χ3n) is 4.02. The van der Waals surface area contributed by atoms with Gasteiger partial charge in [0, 0.05) is 36.4 Å². The van der Waals surface area contributed by atoms with E-state index in [0.29, 0.717) is 0 Å². The first-order valence-corrected chi connectivity index (χ1v) is 10.1. The third kappa shape index (κ3) is 5.25. The van der Waals surface area contributed by atoms with Crippen LogP contribution in [0.3, 0.4) is 0 Å². The first-order valence-electron chi connectivity index (χ1n) is 8.55. The molecule has 1 N–H and O–H groups in total. The number of nitro benzene ring substituents is 2. The molecule has 0 heterocycles. The molecule has 33 heavy (non-hydrogen) atoms. The second-order valence-electron chi connectivity index (χ2n) is 6.17. The highest BCUT2D eigenvalue weighted by Gasteiger charge is 2.23. The highest BCUT2D eigenvalue weighted by molar-refractivity contribution is 6.38. The lowest BCUT2D eigenvalue weighted by Crippen LogP contribution is -1.97. The van der Waals surface area contributed by atoms with Gasteiger partial charge in [-0.15, -0.1) is 0 Å². The monoisotopic (exact) mass is 534 g/mol. The summed E-state index contributed by atoms with van der Waals surface area (Å²) in [5, 5.41) is 31.4. The summed E-state index contributed by atoms with van der Waals surface area (Å²) >= 11 is 24.3.